The summed E-state index contributed by atoms with van der Waals surface area (Å²) in [6.45, 7) is 6.22. The first-order valence-corrected chi connectivity index (χ1v) is 15.5. The summed E-state index contributed by atoms with van der Waals surface area (Å²) in [5.41, 5.74) is 4.56. The number of pyridine rings is 1. The minimum Gasteiger partial charge on any atom is -0.475 e. The Hall–Kier alpha value is -4.34. The molecule has 4 rings (SSSR count). The minimum atomic E-state index is -5.08. The van der Waals surface area contributed by atoms with E-state index in [1.165, 1.54) is 35.7 Å². The molecule has 4 aromatic rings. The Balaban J connectivity index is 0.000000707. The Morgan fingerprint density at radius 1 is 0.867 bits per heavy atom. The standard InChI is InChI=1S/C33H42N4O.C2HF3O2/c1-4-6-12-24-36-26-27(30-14-8-9-15-31(30)36)17-22-33(38)37(25-13-7-5-2)29-20-18-28(19-21-29)35(3)32-16-10-11-23-34-32;3-2(4,5)1(6)7/h8-11,14-16,18-21,23,26H,4-7,12-13,17,22,24-25H2,1-3H3;(H,6,7). The zero-order valence-electron chi connectivity index (χ0n) is 26.3. The van der Waals surface area contributed by atoms with E-state index < -0.39 is 12.1 Å². The van der Waals surface area contributed by atoms with E-state index in [9.17, 15) is 18.0 Å². The SMILES string of the molecule is CCCCCN(C(=O)CCc1cn(CCCCC)c2ccccc12)c1ccc(N(C)c2ccccn2)cc1.O=C(O)C(F)(F)F. The molecule has 0 bridgehead atoms. The van der Waals surface area contributed by atoms with Gasteiger partial charge in [-0.3, -0.25) is 4.79 Å². The van der Waals surface area contributed by atoms with Crippen molar-refractivity contribution in [2.24, 2.45) is 0 Å². The highest BCUT2D eigenvalue weighted by atomic mass is 19.4. The smallest absolute Gasteiger partial charge is 0.475 e. The molecule has 0 aliphatic carbocycles. The average molecular weight is 625 g/mol. The quantitative estimate of drug-likeness (QED) is 0.142. The summed E-state index contributed by atoms with van der Waals surface area (Å²) in [6, 6.07) is 22.8. The Kier molecular flexibility index (Phi) is 13.5. The monoisotopic (exact) mass is 624 g/mol. The van der Waals surface area contributed by atoms with Crippen molar-refractivity contribution >= 4 is 40.0 Å². The van der Waals surface area contributed by atoms with Crippen LogP contribution in [0.4, 0.5) is 30.4 Å². The molecule has 0 radical (unpaired) electrons. The van der Waals surface area contributed by atoms with E-state index in [-0.39, 0.29) is 5.91 Å². The lowest BCUT2D eigenvalue weighted by Gasteiger charge is -2.24. The van der Waals surface area contributed by atoms with Gasteiger partial charge in [0.2, 0.25) is 5.91 Å². The molecule has 2 aromatic heterocycles. The van der Waals surface area contributed by atoms with Gasteiger partial charge in [0.15, 0.2) is 0 Å². The van der Waals surface area contributed by atoms with Gasteiger partial charge in [0.05, 0.1) is 0 Å². The van der Waals surface area contributed by atoms with Gasteiger partial charge in [0.1, 0.15) is 5.82 Å². The lowest BCUT2D eigenvalue weighted by atomic mass is 10.1. The topological polar surface area (TPSA) is 78.7 Å². The van der Waals surface area contributed by atoms with Crippen LogP contribution in [-0.2, 0) is 22.6 Å². The lowest BCUT2D eigenvalue weighted by Crippen LogP contribution is -2.32. The first-order valence-electron chi connectivity index (χ1n) is 15.5. The van der Waals surface area contributed by atoms with Crippen LogP contribution in [0, 0.1) is 0 Å². The molecule has 0 aliphatic heterocycles. The number of unbranched alkanes of at least 4 members (excludes halogenated alkanes) is 4. The molecule has 0 spiro atoms. The number of hydrogen-bond donors (Lipinski definition) is 1. The van der Waals surface area contributed by atoms with E-state index in [0.29, 0.717) is 6.42 Å². The van der Waals surface area contributed by atoms with Crippen molar-refractivity contribution in [3.63, 3.8) is 0 Å². The molecule has 0 saturated heterocycles. The summed E-state index contributed by atoms with van der Waals surface area (Å²) >= 11 is 0. The fraction of sp³-hybridized carbons (Fsp3) is 0.400. The summed E-state index contributed by atoms with van der Waals surface area (Å²) in [5.74, 6) is -1.67. The third kappa shape index (κ3) is 10.4. The summed E-state index contributed by atoms with van der Waals surface area (Å²) in [7, 11) is 2.01. The first kappa shape index (κ1) is 35.1. The van der Waals surface area contributed by atoms with Crippen LogP contribution in [0.25, 0.3) is 10.9 Å². The van der Waals surface area contributed by atoms with Crippen molar-refractivity contribution in [2.45, 2.75) is 77.9 Å². The molecule has 0 unspecified atom stereocenters. The van der Waals surface area contributed by atoms with Crippen LogP contribution in [0.15, 0.2) is 79.1 Å². The fourth-order valence-electron chi connectivity index (χ4n) is 5.07. The van der Waals surface area contributed by atoms with Crippen molar-refractivity contribution in [1.82, 2.24) is 9.55 Å². The van der Waals surface area contributed by atoms with E-state index >= 15 is 0 Å². The van der Waals surface area contributed by atoms with Gasteiger partial charge < -0.3 is 19.5 Å². The van der Waals surface area contributed by atoms with Crippen LogP contribution in [0.3, 0.4) is 0 Å². The minimum absolute atomic E-state index is 0.190. The molecule has 10 heteroatoms. The number of aliphatic carboxylic acids is 1. The highest BCUT2D eigenvalue weighted by molar-refractivity contribution is 5.94. The van der Waals surface area contributed by atoms with Gasteiger partial charge >= 0.3 is 12.1 Å². The predicted octanol–water partition coefficient (Wildman–Crippen LogP) is 8.78. The number of carbonyl (C=O) groups excluding carboxylic acids is 1. The molecule has 7 nitrogen and oxygen atoms in total. The Morgan fingerprint density at radius 3 is 2.11 bits per heavy atom. The zero-order valence-corrected chi connectivity index (χ0v) is 26.3. The number of aryl methyl sites for hydroxylation is 2. The fourth-order valence-corrected chi connectivity index (χ4v) is 5.07. The highest BCUT2D eigenvalue weighted by Crippen LogP contribution is 2.27. The molecular formula is C35H43F3N4O3. The molecule has 0 fully saturated rings. The van der Waals surface area contributed by atoms with Gasteiger partial charge in [-0.1, -0.05) is 63.8 Å². The number of anilines is 3. The van der Waals surface area contributed by atoms with Crippen molar-refractivity contribution < 1.29 is 27.9 Å². The van der Waals surface area contributed by atoms with Crippen molar-refractivity contribution in [2.75, 3.05) is 23.4 Å². The number of rotatable bonds is 14. The number of alkyl halides is 3. The number of carbonyl (C=O) groups is 2. The number of para-hydroxylation sites is 1. The van der Waals surface area contributed by atoms with Gasteiger partial charge in [-0.25, -0.2) is 9.78 Å². The maximum atomic E-state index is 13.6. The molecule has 2 heterocycles. The molecule has 242 valence electrons. The number of hydrogen-bond acceptors (Lipinski definition) is 4. The molecule has 45 heavy (non-hydrogen) atoms. The van der Waals surface area contributed by atoms with Crippen LogP contribution in [0.1, 0.15) is 64.4 Å². The summed E-state index contributed by atoms with van der Waals surface area (Å²) < 4.78 is 34.1. The van der Waals surface area contributed by atoms with Gasteiger partial charge in [-0.05, 0) is 67.3 Å². The summed E-state index contributed by atoms with van der Waals surface area (Å²) in [4.78, 5) is 31.0. The van der Waals surface area contributed by atoms with Crippen LogP contribution < -0.4 is 9.80 Å². The van der Waals surface area contributed by atoms with Gasteiger partial charge in [-0.15, -0.1) is 0 Å². The van der Waals surface area contributed by atoms with Crippen LogP contribution >= 0.6 is 0 Å². The van der Waals surface area contributed by atoms with E-state index in [4.69, 9.17) is 9.90 Å². The van der Waals surface area contributed by atoms with Crippen LogP contribution in [0.2, 0.25) is 0 Å². The maximum Gasteiger partial charge on any atom is 0.490 e. The van der Waals surface area contributed by atoms with E-state index in [2.05, 4.69) is 83.0 Å². The Bertz CT molecular complexity index is 1490. The first-order chi connectivity index (χ1) is 21.6. The third-order valence-corrected chi connectivity index (χ3v) is 7.55. The number of carboxylic acid groups (broad SMARTS) is 1. The number of amides is 1. The zero-order chi connectivity index (χ0) is 32.8. The number of nitrogens with zero attached hydrogens (tertiary/aromatic N) is 4. The third-order valence-electron chi connectivity index (χ3n) is 7.55. The largest absolute Gasteiger partial charge is 0.490 e. The number of halogens is 3. The lowest BCUT2D eigenvalue weighted by molar-refractivity contribution is -0.192. The van der Waals surface area contributed by atoms with E-state index in [1.54, 1.807) is 6.20 Å². The second kappa shape index (κ2) is 17.2. The average Bonchev–Trinajstić information content (AvgIpc) is 3.39. The van der Waals surface area contributed by atoms with E-state index in [1.807, 2.05) is 30.1 Å². The number of aromatic nitrogens is 2. The predicted molar refractivity (Wildman–Crippen MR) is 174 cm³/mol. The van der Waals surface area contributed by atoms with Crippen molar-refractivity contribution in [3.05, 3.63) is 84.7 Å². The van der Waals surface area contributed by atoms with Crippen molar-refractivity contribution in [3.8, 4) is 0 Å². The molecular weight excluding hydrogens is 581 g/mol. The van der Waals surface area contributed by atoms with Crippen LogP contribution in [-0.4, -0.2) is 46.3 Å². The second-order valence-electron chi connectivity index (χ2n) is 10.9. The molecule has 1 amide bonds. The van der Waals surface area contributed by atoms with Crippen LogP contribution in [0.5, 0.6) is 0 Å². The van der Waals surface area contributed by atoms with E-state index in [0.717, 1.165) is 56.0 Å². The molecule has 0 atom stereocenters. The molecule has 0 aliphatic rings. The second-order valence-corrected chi connectivity index (χ2v) is 10.9. The van der Waals surface area contributed by atoms with Gasteiger partial charge in [0, 0.05) is 61.2 Å². The van der Waals surface area contributed by atoms with Gasteiger partial charge in [-0.2, -0.15) is 13.2 Å². The number of carboxylic acids is 1. The number of benzene rings is 2. The molecule has 2 aromatic carbocycles. The summed E-state index contributed by atoms with van der Waals surface area (Å²) in [5, 5.41) is 8.40. The normalized spacial score (nSPS) is 11.2. The summed E-state index contributed by atoms with van der Waals surface area (Å²) in [6.07, 6.45) is 7.16. The maximum absolute atomic E-state index is 13.6. The number of fused-ring (bicyclic) bond motifs is 1. The molecule has 1 N–H and O–H groups in total. The highest BCUT2D eigenvalue weighted by Gasteiger charge is 2.38. The van der Waals surface area contributed by atoms with Gasteiger partial charge in [0.25, 0.3) is 0 Å². The Morgan fingerprint density at radius 2 is 1.49 bits per heavy atom. The Labute approximate surface area is 263 Å². The van der Waals surface area contributed by atoms with Crippen molar-refractivity contribution in [1.29, 1.82) is 0 Å². The molecule has 0 saturated carbocycles.